The van der Waals surface area contributed by atoms with Gasteiger partial charge in [-0.05, 0) is 38.0 Å². The van der Waals surface area contributed by atoms with E-state index in [1.807, 2.05) is 51.1 Å². The van der Waals surface area contributed by atoms with E-state index in [4.69, 9.17) is 0 Å². The summed E-state index contributed by atoms with van der Waals surface area (Å²) < 4.78 is 29.2. The van der Waals surface area contributed by atoms with Gasteiger partial charge >= 0.3 is 0 Å². The molecule has 0 aliphatic rings. The third-order valence-corrected chi connectivity index (χ3v) is 7.29. The standard InChI is InChI=1S/C22H25N5O2S/c1-5-6-13-26(4)30(28,29)17-12-11-15(2)20(14-17)22-24-23-21-19-10-8-7-9-18(19)16(3)25-27(21)22/h7-12,14H,5-6,13H2,1-4H3. The molecule has 2 heterocycles. The summed E-state index contributed by atoms with van der Waals surface area (Å²) in [5.74, 6) is 0.532. The van der Waals surface area contributed by atoms with Crippen molar-refractivity contribution in [3.05, 3.63) is 53.7 Å². The van der Waals surface area contributed by atoms with Gasteiger partial charge in [0.05, 0.1) is 10.6 Å². The van der Waals surface area contributed by atoms with Gasteiger partial charge < -0.3 is 0 Å². The molecule has 7 nitrogen and oxygen atoms in total. The molecular weight excluding hydrogens is 398 g/mol. The maximum atomic E-state index is 13.0. The predicted octanol–water partition coefficient (Wildman–Crippen LogP) is 3.98. The first-order valence-corrected chi connectivity index (χ1v) is 11.5. The monoisotopic (exact) mass is 423 g/mol. The molecule has 2 aromatic heterocycles. The molecule has 0 spiro atoms. The Labute approximate surface area is 176 Å². The average Bonchev–Trinajstić information content (AvgIpc) is 3.16. The molecule has 156 valence electrons. The Morgan fingerprint density at radius 2 is 1.77 bits per heavy atom. The van der Waals surface area contributed by atoms with Gasteiger partial charge in [0.15, 0.2) is 11.5 Å². The largest absolute Gasteiger partial charge is 0.242 e. The highest BCUT2D eigenvalue weighted by Crippen LogP contribution is 2.29. The summed E-state index contributed by atoms with van der Waals surface area (Å²) in [5.41, 5.74) is 3.13. The second-order valence-electron chi connectivity index (χ2n) is 7.55. The minimum atomic E-state index is -3.58. The fourth-order valence-electron chi connectivity index (χ4n) is 3.59. The Morgan fingerprint density at radius 3 is 2.50 bits per heavy atom. The topological polar surface area (TPSA) is 80.5 Å². The first-order valence-electron chi connectivity index (χ1n) is 10.0. The van der Waals surface area contributed by atoms with E-state index in [0.717, 1.165) is 34.9 Å². The maximum absolute atomic E-state index is 13.0. The summed E-state index contributed by atoms with van der Waals surface area (Å²) in [4.78, 5) is 0.246. The van der Waals surface area contributed by atoms with Gasteiger partial charge in [-0.25, -0.2) is 12.7 Å². The smallest absolute Gasteiger partial charge is 0.207 e. The van der Waals surface area contributed by atoms with Crippen molar-refractivity contribution in [1.82, 2.24) is 24.1 Å². The molecule has 0 fully saturated rings. The summed E-state index contributed by atoms with van der Waals surface area (Å²) in [7, 11) is -1.96. The first-order chi connectivity index (χ1) is 14.3. The zero-order chi connectivity index (χ0) is 21.5. The molecule has 8 heteroatoms. The number of fused-ring (bicyclic) bond motifs is 3. The molecule has 4 aromatic rings. The van der Waals surface area contributed by atoms with Crippen LogP contribution in [0.15, 0.2) is 47.4 Å². The van der Waals surface area contributed by atoms with Crippen LogP contribution in [0.25, 0.3) is 27.8 Å². The summed E-state index contributed by atoms with van der Waals surface area (Å²) in [5, 5.41) is 15.4. The van der Waals surface area contributed by atoms with E-state index < -0.39 is 10.0 Å². The SMILES string of the molecule is CCCCN(C)S(=O)(=O)c1ccc(C)c(-c2nnc3c4ccccc4c(C)nn23)c1. The molecule has 0 saturated carbocycles. The molecule has 0 amide bonds. The lowest BCUT2D eigenvalue weighted by Crippen LogP contribution is -2.28. The van der Waals surface area contributed by atoms with Gasteiger partial charge in [0, 0.05) is 29.9 Å². The molecule has 4 rings (SSSR count). The van der Waals surface area contributed by atoms with E-state index in [2.05, 4.69) is 15.3 Å². The van der Waals surface area contributed by atoms with Gasteiger partial charge in [-0.15, -0.1) is 10.2 Å². The highest BCUT2D eigenvalue weighted by Gasteiger charge is 2.23. The van der Waals surface area contributed by atoms with Crippen molar-refractivity contribution in [3.63, 3.8) is 0 Å². The normalized spacial score (nSPS) is 12.3. The molecule has 0 bridgehead atoms. The van der Waals surface area contributed by atoms with E-state index in [9.17, 15) is 8.42 Å². The second-order valence-corrected chi connectivity index (χ2v) is 9.59. The van der Waals surface area contributed by atoms with Crippen molar-refractivity contribution < 1.29 is 8.42 Å². The molecule has 0 atom stereocenters. The minimum absolute atomic E-state index is 0.246. The summed E-state index contributed by atoms with van der Waals surface area (Å²) >= 11 is 0. The van der Waals surface area contributed by atoms with Gasteiger partial charge in [0.2, 0.25) is 10.0 Å². The summed E-state index contributed by atoms with van der Waals surface area (Å²) in [6, 6.07) is 13.1. The lowest BCUT2D eigenvalue weighted by Gasteiger charge is -2.17. The number of aryl methyl sites for hydroxylation is 2. The van der Waals surface area contributed by atoms with Crippen molar-refractivity contribution in [3.8, 4) is 11.4 Å². The molecule has 0 unspecified atom stereocenters. The number of nitrogens with zero attached hydrogens (tertiary/aromatic N) is 5. The number of hydrogen-bond donors (Lipinski definition) is 0. The van der Waals surface area contributed by atoms with E-state index >= 15 is 0 Å². The zero-order valence-electron chi connectivity index (χ0n) is 17.6. The van der Waals surface area contributed by atoms with Crippen molar-refractivity contribution in [2.75, 3.05) is 13.6 Å². The Hall–Kier alpha value is -2.84. The first kappa shape index (κ1) is 20.4. The molecule has 0 N–H and O–H groups in total. The van der Waals surface area contributed by atoms with Crippen LogP contribution in [0.5, 0.6) is 0 Å². The molecule has 30 heavy (non-hydrogen) atoms. The van der Waals surface area contributed by atoms with Crippen molar-refractivity contribution in [1.29, 1.82) is 0 Å². The third kappa shape index (κ3) is 3.36. The molecule has 0 radical (unpaired) electrons. The second kappa shape index (κ2) is 7.77. The maximum Gasteiger partial charge on any atom is 0.242 e. The predicted molar refractivity (Wildman–Crippen MR) is 118 cm³/mol. The van der Waals surface area contributed by atoms with Crippen LogP contribution < -0.4 is 0 Å². The van der Waals surface area contributed by atoms with Gasteiger partial charge in [0.1, 0.15) is 0 Å². The van der Waals surface area contributed by atoms with Gasteiger partial charge in [-0.1, -0.05) is 43.7 Å². The lowest BCUT2D eigenvalue weighted by molar-refractivity contribution is 0.459. The van der Waals surface area contributed by atoms with Crippen LogP contribution >= 0.6 is 0 Å². The number of hydrogen-bond acceptors (Lipinski definition) is 5. The molecule has 2 aromatic carbocycles. The van der Waals surface area contributed by atoms with Gasteiger partial charge in [-0.2, -0.15) is 9.61 Å². The van der Waals surface area contributed by atoms with Crippen LogP contribution in [0.2, 0.25) is 0 Å². The van der Waals surface area contributed by atoms with Gasteiger partial charge in [-0.3, -0.25) is 0 Å². The van der Waals surface area contributed by atoms with Crippen molar-refractivity contribution in [2.45, 2.75) is 38.5 Å². The molecule has 0 aliphatic carbocycles. The highest BCUT2D eigenvalue weighted by atomic mass is 32.2. The van der Waals surface area contributed by atoms with E-state index in [0.29, 0.717) is 23.6 Å². The quantitative estimate of drug-likeness (QED) is 0.469. The van der Waals surface area contributed by atoms with Crippen LogP contribution in [-0.2, 0) is 10.0 Å². The Morgan fingerprint density at radius 1 is 1.03 bits per heavy atom. The van der Waals surface area contributed by atoms with E-state index in [-0.39, 0.29) is 4.90 Å². The Balaban J connectivity index is 1.88. The van der Waals surface area contributed by atoms with Crippen molar-refractivity contribution in [2.24, 2.45) is 0 Å². The zero-order valence-corrected chi connectivity index (χ0v) is 18.4. The molecule has 0 saturated heterocycles. The average molecular weight is 424 g/mol. The number of benzene rings is 2. The lowest BCUT2D eigenvalue weighted by atomic mass is 10.1. The van der Waals surface area contributed by atoms with E-state index in [1.54, 1.807) is 23.7 Å². The Kier molecular flexibility index (Phi) is 5.29. The minimum Gasteiger partial charge on any atom is -0.207 e. The number of rotatable bonds is 6. The summed E-state index contributed by atoms with van der Waals surface area (Å²) in [6.07, 6.45) is 1.75. The van der Waals surface area contributed by atoms with Crippen LogP contribution in [0.4, 0.5) is 0 Å². The van der Waals surface area contributed by atoms with Crippen molar-refractivity contribution >= 4 is 26.4 Å². The number of aromatic nitrogens is 4. The van der Waals surface area contributed by atoms with E-state index in [1.165, 1.54) is 4.31 Å². The van der Waals surface area contributed by atoms with Crippen LogP contribution in [-0.4, -0.2) is 46.1 Å². The fourth-order valence-corrected chi connectivity index (χ4v) is 4.83. The number of sulfonamides is 1. The highest BCUT2D eigenvalue weighted by molar-refractivity contribution is 7.89. The van der Waals surface area contributed by atoms with Crippen LogP contribution in [0.1, 0.15) is 31.0 Å². The van der Waals surface area contributed by atoms with Gasteiger partial charge in [0.25, 0.3) is 0 Å². The van der Waals surface area contributed by atoms with Crippen LogP contribution in [0.3, 0.4) is 0 Å². The van der Waals surface area contributed by atoms with Crippen LogP contribution in [0, 0.1) is 13.8 Å². The molecular formula is C22H25N5O2S. The number of unbranched alkanes of at least 4 members (excludes halogenated alkanes) is 1. The Bertz CT molecular complexity index is 1340. The third-order valence-electron chi connectivity index (χ3n) is 5.43. The fraction of sp³-hybridized carbons (Fsp3) is 0.318. The molecule has 0 aliphatic heterocycles. The summed E-state index contributed by atoms with van der Waals surface area (Å²) in [6.45, 7) is 6.41.